The Balaban J connectivity index is 4.19. The Bertz CT molecular complexity index is 579. The lowest BCUT2D eigenvalue weighted by Crippen LogP contribution is -2.29. The highest BCUT2D eigenvalue weighted by Gasteiger charge is 2.25. The molecule has 0 aliphatic heterocycles. The van der Waals surface area contributed by atoms with E-state index in [-0.39, 0.29) is 38.3 Å². The van der Waals surface area contributed by atoms with Crippen molar-refractivity contribution < 1.29 is 32.8 Å². The van der Waals surface area contributed by atoms with Crippen LogP contribution >= 0.6 is 7.82 Å². The number of unbranched alkanes of at least 4 members (excludes halogenated alkanes) is 14. The summed E-state index contributed by atoms with van der Waals surface area (Å²) >= 11 is 0. The van der Waals surface area contributed by atoms with Crippen LogP contribution in [-0.2, 0) is 27.9 Å². The first kappa shape index (κ1) is 37.5. The molecule has 0 aromatic heterocycles. The molecule has 0 spiro atoms. The average Bonchev–Trinajstić information content (AvgIpc) is 2.91. The molecule has 0 saturated heterocycles. The van der Waals surface area contributed by atoms with E-state index >= 15 is 0 Å². The summed E-state index contributed by atoms with van der Waals surface area (Å²) in [6.45, 7) is 6.63. The van der Waals surface area contributed by atoms with Crippen LogP contribution < -0.4 is 5.73 Å². The van der Waals surface area contributed by atoms with Crippen molar-refractivity contribution in [3.63, 3.8) is 0 Å². The third kappa shape index (κ3) is 23.4. The minimum Gasteiger partial charge on any atom is -0.463 e. The van der Waals surface area contributed by atoms with Crippen LogP contribution in [0.3, 0.4) is 0 Å². The van der Waals surface area contributed by atoms with Crippen LogP contribution in [0.15, 0.2) is 0 Å². The number of phosphoric ester groups is 1. The molecular formula is C29H60NO7P. The minimum absolute atomic E-state index is 0.0169. The first-order valence-electron chi connectivity index (χ1n) is 15.5. The van der Waals surface area contributed by atoms with Gasteiger partial charge in [-0.05, 0) is 19.3 Å². The highest BCUT2D eigenvalue weighted by Crippen LogP contribution is 2.43. The van der Waals surface area contributed by atoms with Crippen molar-refractivity contribution in [1.82, 2.24) is 0 Å². The maximum atomic E-state index is 12.5. The number of ether oxygens (including phenoxy) is 2. The third-order valence-electron chi connectivity index (χ3n) is 6.79. The normalized spacial score (nSPS) is 14.8. The number of rotatable bonds is 29. The van der Waals surface area contributed by atoms with Gasteiger partial charge in [0, 0.05) is 13.2 Å². The molecule has 9 heteroatoms. The lowest BCUT2D eigenvalue weighted by atomic mass is 10.00. The second-order valence-electron chi connectivity index (χ2n) is 10.4. The van der Waals surface area contributed by atoms with Gasteiger partial charge in [0.05, 0.1) is 19.1 Å². The van der Waals surface area contributed by atoms with Crippen LogP contribution in [0, 0.1) is 5.92 Å². The van der Waals surface area contributed by atoms with Gasteiger partial charge >= 0.3 is 13.8 Å². The summed E-state index contributed by atoms with van der Waals surface area (Å²) in [5.41, 5.74) is 5.32. The molecule has 0 aliphatic carbocycles. The Morgan fingerprint density at radius 3 is 1.76 bits per heavy atom. The molecule has 228 valence electrons. The standard InChI is InChI=1S/C29H60NO7P/c1-4-7-9-10-11-12-13-14-15-16-17-18-19-20-23-34-28(26-37-38(32,33)36-24-22-30)25-35-29(31)27(6-3)21-8-5-2/h27-28H,4-26,30H2,1-3H3,(H,32,33)/t27?,28-/m0/s1. The van der Waals surface area contributed by atoms with Crippen molar-refractivity contribution in [2.45, 2.75) is 142 Å². The number of hydrogen-bond donors (Lipinski definition) is 2. The van der Waals surface area contributed by atoms with Gasteiger partial charge in [0.15, 0.2) is 0 Å². The van der Waals surface area contributed by atoms with Crippen LogP contribution in [0.1, 0.15) is 136 Å². The number of phosphoric acid groups is 1. The largest absolute Gasteiger partial charge is 0.472 e. The van der Waals surface area contributed by atoms with E-state index < -0.39 is 13.9 Å². The van der Waals surface area contributed by atoms with Gasteiger partial charge in [0.1, 0.15) is 12.7 Å². The molecule has 38 heavy (non-hydrogen) atoms. The summed E-state index contributed by atoms with van der Waals surface area (Å²) in [5, 5.41) is 0. The summed E-state index contributed by atoms with van der Waals surface area (Å²) in [6, 6.07) is 0. The smallest absolute Gasteiger partial charge is 0.463 e. The highest BCUT2D eigenvalue weighted by atomic mass is 31.2. The molecule has 0 bridgehead atoms. The van der Waals surface area contributed by atoms with Gasteiger partial charge in [0.25, 0.3) is 0 Å². The van der Waals surface area contributed by atoms with Crippen LogP contribution in [0.2, 0.25) is 0 Å². The Labute approximate surface area is 233 Å². The van der Waals surface area contributed by atoms with Gasteiger partial charge in [-0.15, -0.1) is 0 Å². The molecule has 0 saturated carbocycles. The van der Waals surface area contributed by atoms with E-state index in [9.17, 15) is 14.3 Å². The first-order valence-corrected chi connectivity index (χ1v) is 17.0. The Hall–Kier alpha value is -0.500. The van der Waals surface area contributed by atoms with Crippen molar-refractivity contribution in [3.05, 3.63) is 0 Å². The molecule has 0 radical (unpaired) electrons. The number of carbonyl (C=O) groups is 1. The van der Waals surface area contributed by atoms with Gasteiger partial charge in [-0.1, -0.05) is 117 Å². The average molecular weight is 566 g/mol. The van der Waals surface area contributed by atoms with Crippen molar-refractivity contribution in [2.75, 3.05) is 33.0 Å². The van der Waals surface area contributed by atoms with E-state index in [1.54, 1.807) is 0 Å². The van der Waals surface area contributed by atoms with Crippen LogP contribution in [0.25, 0.3) is 0 Å². The molecule has 0 heterocycles. The second kappa shape index (κ2) is 26.7. The Morgan fingerprint density at radius 1 is 0.737 bits per heavy atom. The van der Waals surface area contributed by atoms with E-state index in [1.165, 1.54) is 77.0 Å². The lowest BCUT2D eigenvalue weighted by molar-refractivity contribution is -0.154. The molecule has 0 amide bonds. The number of esters is 1. The molecule has 0 rings (SSSR count). The number of hydrogen-bond acceptors (Lipinski definition) is 7. The minimum atomic E-state index is -4.23. The molecule has 8 nitrogen and oxygen atoms in total. The molecule has 0 aromatic rings. The Morgan fingerprint density at radius 2 is 1.26 bits per heavy atom. The first-order chi connectivity index (χ1) is 18.4. The molecule has 3 N–H and O–H groups in total. The summed E-state index contributed by atoms with van der Waals surface area (Å²) < 4.78 is 33.2. The van der Waals surface area contributed by atoms with Crippen LogP contribution in [0.5, 0.6) is 0 Å². The zero-order valence-corrected chi connectivity index (χ0v) is 25.7. The predicted molar refractivity (Wildman–Crippen MR) is 155 cm³/mol. The maximum Gasteiger partial charge on any atom is 0.472 e. The van der Waals surface area contributed by atoms with Crippen molar-refractivity contribution in [2.24, 2.45) is 11.7 Å². The fourth-order valence-electron chi connectivity index (χ4n) is 4.31. The van der Waals surface area contributed by atoms with Crippen molar-refractivity contribution in [3.8, 4) is 0 Å². The van der Waals surface area contributed by atoms with E-state index in [0.29, 0.717) is 6.61 Å². The van der Waals surface area contributed by atoms with Gasteiger partial charge in [-0.25, -0.2) is 4.57 Å². The molecular weight excluding hydrogens is 505 g/mol. The van der Waals surface area contributed by atoms with Crippen LogP contribution in [0.4, 0.5) is 0 Å². The zero-order valence-electron chi connectivity index (χ0n) is 24.8. The summed E-state index contributed by atoms with van der Waals surface area (Å²) in [5.74, 6) is -0.392. The van der Waals surface area contributed by atoms with Crippen molar-refractivity contribution >= 4 is 13.8 Å². The fourth-order valence-corrected chi connectivity index (χ4v) is 5.07. The summed E-state index contributed by atoms with van der Waals surface area (Å²) in [7, 11) is -4.23. The highest BCUT2D eigenvalue weighted by molar-refractivity contribution is 7.47. The van der Waals surface area contributed by atoms with Gasteiger partial charge in [0.2, 0.25) is 0 Å². The van der Waals surface area contributed by atoms with Crippen molar-refractivity contribution in [1.29, 1.82) is 0 Å². The van der Waals surface area contributed by atoms with Crippen LogP contribution in [-0.4, -0.2) is 49.9 Å². The fraction of sp³-hybridized carbons (Fsp3) is 0.966. The zero-order chi connectivity index (χ0) is 28.3. The number of carbonyl (C=O) groups excluding carboxylic acids is 1. The van der Waals surface area contributed by atoms with Gasteiger partial charge in [-0.3, -0.25) is 13.8 Å². The molecule has 0 aliphatic rings. The SMILES string of the molecule is CCCCCCCCCCCCCCCCO[C@@H](COC(=O)C(CC)CCCC)COP(=O)(O)OCCN. The molecule has 0 fully saturated rings. The molecule has 2 unspecified atom stereocenters. The Kier molecular flexibility index (Phi) is 26.4. The van der Waals surface area contributed by atoms with E-state index in [4.69, 9.17) is 24.3 Å². The quantitative estimate of drug-likeness (QED) is 0.0538. The van der Waals surface area contributed by atoms with E-state index in [1.807, 2.05) is 6.92 Å². The van der Waals surface area contributed by atoms with Gasteiger partial charge in [-0.2, -0.15) is 0 Å². The maximum absolute atomic E-state index is 12.5. The molecule has 3 atom stereocenters. The topological polar surface area (TPSA) is 117 Å². The predicted octanol–water partition coefficient (Wildman–Crippen LogP) is 7.70. The summed E-state index contributed by atoms with van der Waals surface area (Å²) in [4.78, 5) is 22.3. The molecule has 0 aromatic carbocycles. The van der Waals surface area contributed by atoms with Gasteiger partial charge < -0.3 is 20.1 Å². The summed E-state index contributed by atoms with van der Waals surface area (Å²) in [6.07, 6.45) is 20.8. The number of nitrogens with two attached hydrogens (primary N) is 1. The second-order valence-corrected chi connectivity index (χ2v) is 11.8. The van der Waals surface area contributed by atoms with E-state index in [0.717, 1.165) is 38.5 Å². The monoisotopic (exact) mass is 565 g/mol. The lowest BCUT2D eigenvalue weighted by Gasteiger charge is -2.21. The van der Waals surface area contributed by atoms with E-state index in [2.05, 4.69) is 13.8 Å². The third-order valence-corrected chi connectivity index (χ3v) is 7.78.